The third kappa shape index (κ3) is 5.74. The second kappa shape index (κ2) is 9.42. The molecule has 0 saturated carbocycles. The monoisotopic (exact) mass is 362 g/mol. The number of hydrogen-bond acceptors (Lipinski definition) is 5. The highest BCUT2D eigenvalue weighted by Gasteiger charge is 2.48. The Hall–Kier alpha value is -1.53. The molecule has 0 bridgehead atoms. The first kappa shape index (κ1) is 20.8. The van der Waals surface area contributed by atoms with Gasteiger partial charge in [-0.2, -0.15) is 0 Å². The molecule has 1 aliphatic rings. The second-order valence-corrected chi connectivity index (χ2v) is 7.08. The number of aliphatic hydroxyl groups is 3. The van der Waals surface area contributed by atoms with Crippen LogP contribution in [-0.2, 0) is 4.74 Å². The van der Waals surface area contributed by atoms with E-state index in [1.54, 1.807) is 30.3 Å². The molecule has 0 fully saturated rings. The highest BCUT2D eigenvalue weighted by Crippen LogP contribution is 2.35. The number of ether oxygens (including phenoxy) is 1. The van der Waals surface area contributed by atoms with Crippen LogP contribution in [0, 0.1) is 5.92 Å². The van der Waals surface area contributed by atoms with Crippen LogP contribution in [0.25, 0.3) is 0 Å². The van der Waals surface area contributed by atoms with Crippen molar-refractivity contribution < 1.29 is 24.9 Å². The quantitative estimate of drug-likeness (QED) is 0.257. The summed E-state index contributed by atoms with van der Waals surface area (Å²) in [5.41, 5.74) is 0.396. The summed E-state index contributed by atoms with van der Waals surface area (Å²) in [5, 5.41) is 31.2. The zero-order chi connectivity index (χ0) is 19.0. The predicted octanol–water partition coefficient (Wildman–Crippen LogP) is 3.19. The fourth-order valence-electron chi connectivity index (χ4n) is 3.25. The zero-order valence-electron chi connectivity index (χ0n) is 15.4. The van der Waals surface area contributed by atoms with Crippen LogP contribution < -0.4 is 0 Å². The maximum atomic E-state index is 12.5. The van der Waals surface area contributed by atoms with Gasteiger partial charge in [0.05, 0.1) is 18.9 Å². The lowest BCUT2D eigenvalue weighted by atomic mass is 9.81. The first-order valence-electron chi connectivity index (χ1n) is 9.48. The van der Waals surface area contributed by atoms with Crippen LogP contribution >= 0.6 is 0 Å². The molecule has 0 heterocycles. The fourth-order valence-corrected chi connectivity index (χ4v) is 3.25. The molecule has 1 aliphatic carbocycles. The first-order valence-corrected chi connectivity index (χ1v) is 9.48. The summed E-state index contributed by atoms with van der Waals surface area (Å²) in [6.07, 6.45) is 8.79. The van der Waals surface area contributed by atoms with Crippen molar-refractivity contribution in [3.63, 3.8) is 0 Å². The van der Waals surface area contributed by atoms with Crippen LogP contribution in [-0.4, -0.2) is 39.3 Å². The van der Waals surface area contributed by atoms with Crippen molar-refractivity contribution in [3.05, 3.63) is 48.0 Å². The van der Waals surface area contributed by atoms with E-state index in [4.69, 9.17) is 4.74 Å². The molecule has 5 nitrogen and oxygen atoms in total. The third-order valence-corrected chi connectivity index (χ3v) is 4.75. The van der Waals surface area contributed by atoms with E-state index in [0.717, 1.165) is 19.3 Å². The van der Waals surface area contributed by atoms with Gasteiger partial charge in [-0.15, -0.1) is 0 Å². The Bertz CT molecular complexity index is 596. The van der Waals surface area contributed by atoms with Crippen LogP contribution in [0.2, 0.25) is 0 Å². The third-order valence-electron chi connectivity index (χ3n) is 4.75. The molecule has 1 aromatic rings. The Kier molecular flexibility index (Phi) is 7.53. The minimum absolute atomic E-state index is 0.334. The van der Waals surface area contributed by atoms with Gasteiger partial charge in [0.2, 0.25) is 0 Å². The molecule has 144 valence electrons. The van der Waals surface area contributed by atoms with Gasteiger partial charge in [0.1, 0.15) is 0 Å². The molecular formula is C21H30O5. The lowest BCUT2D eigenvalue weighted by Crippen LogP contribution is -2.52. The van der Waals surface area contributed by atoms with Crippen molar-refractivity contribution in [1.29, 1.82) is 0 Å². The van der Waals surface area contributed by atoms with Crippen molar-refractivity contribution in [2.75, 3.05) is 6.61 Å². The molecule has 2 atom stereocenters. The van der Waals surface area contributed by atoms with E-state index in [0.29, 0.717) is 12.2 Å². The topological polar surface area (TPSA) is 87.0 Å². The lowest BCUT2D eigenvalue weighted by molar-refractivity contribution is -0.268. The number of carbonyl (C=O) groups is 1. The lowest BCUT2D eigenvalue weighted by Gasteiger charge is -2.39. The van der Waals surface area contributed by atoms with Crippen LogP contribution in [0.15, 0.2) is 42.5 Å². The Labute approximate surface area is 155 Å². The Balaban J connectivity index is 1.90. The van der Waals surface area contributed by atoms with Gasteiger partial charge >= 0.3 is 0 Å². The van der Waals surface area contributed by atoms with Crippen molar-refractivity contribution in [3.8, 4) is 0 Å². The highest BCUT2D eigenvalue weighted by atomic mass is 16.6. The Morgan fingerprint density at radius 3 is 2.38 bits per heavy atom. The molecule has 1 aromatic carbocycles. The second-order valence-electron chi connectivity index (χ2n) is 7.08. The number of hydrogen-bond donors (Lipinski definition) is 3. The van der Waals surface area contributed by atoms with Gasteiger partial charge < -0.3 is 20.1 Å². The molecule has 5 heteroatoms. The first-order chi connectivity index (χ1) is 12.4. The van der Waals surface area contributed by atoms with Crippen LogP contribution in [0.4, 0.5) is 0 Å². The minimum Gasteiger partial charge on any atom is -0.365 e. The van der Waals surface area contributed by atoms with Crippen molar-refractivity contribution in [1.82, 2.24) is 0 Å². The van der Waals surface area contributed by atoms with E-state index in [9.17, 15) is 20.1 Å². The zero-order valence-corrected chi connectivity index (χ0v) is 15.4. The van der Waals surface area contributed by atoms with Crippen LogP contribution in [0.1, 0.15) is 62.2 Å². The van der Waals surface area contributed by atoms with Crippen LogP contribution in [0.5, 0.6) is 0 Å². The van der Waals surface area contributed by atoms with Gasteiger partial charge in [0.15, 0.2) is 17.4 Å². The number of Topliss-reactive ketones (excluding diaryl/α,β-unsaturated/α-hetero) is 1. The normalized spacial score (nSPS) is 24.5. The Morgan fingerprint density at radius 1 is 1.08 bits per heavy atom. The highest BCUT2D eigenvalue weighted by molar-refractivity contribution is 5.99. The summed E-state index contributed by atoms with van der Waals surface area (Å²) in [6.45, 7) is 2.50. The molecule has 2 unspecified atom stereocenters. The Morgan fingerprint density at radius 2 is 1.73 bits per heavy atom. The SMILES string of the molecule is CCCCCCCCOC1(O)C=CC(C(=O)c2ccccc2)C(O)(O)C1. The average Bonchev–Trinajstić information content (AvgIpc) is 2.60. The van der Waals surface area contributed by atoms with E-state index in [-0.39, 0.29) is 0 Å². The van der Waals surface area contributed by atoms with Crippen molar-refractivity contribution in [2.45, 2.75) is 63.4 Å². The molecule has 0 radical (unpaired) electrons. The number of carbonyl (C=O) groups excluding carboxylic acids is 1. The van der Waals surface area contributed by atoms with E-state index >= 15 is 0 Å². The molecule has 0 aliphatic heterocycles. The number of unbranched alkanes of at least 4 members (excludes halogenated alkanes) is 5. The summed E-state index contributed by atoms with van der Waals surface area (Å²) >= 11 is 0. The van der Waals surface area contributed by atoms with Crippen molar-refractivity contribution >= 4 is 5.78 Å². The molecule has 0 amide bonds. The standard InChI is InChI=1S/C21H30O5/c1-2-3-4-5-6-10-15-26-20(23)14-13-18(21(24,25)16-20)19(22)17-11-8-7-9-12-17/h7-9,11-14,18,23-25H,2-6,10,15-16H2,1H3. The van der Waals surface area contributed by atoms with E-state index < -0.39 is 29.7 Å². The summed E-state index contributed by atoms with van der Waals surface area (Å²) in [5.74, 6) is -5.66. The van der Waals surface area contributed by atoms with Gasteiger partial charge in [-0.05, 0) is 12.5 Å². The molecule has 3 N–H and O–H groups in total. The summed E-state index contributed by atoms with van der Waals surface area (Å²) in [4.78, 5) is 12.5. The molecule has 0 spiro atoms. The van der Waals surface area contributed by atoms with Gasteiger partial charge in [-0.25, -0.2) is 0 Å². The minimum atomic E-state index is -2.36. The molecular weight excluding hydrogens is 332 g/mol. The number of ketones is 1. The maximum absolute atomic E-state index is 12.5. The average molecular weight is 362 g/mol. The maximum Gasteiger partial charge on any atom is 0.190 e. The largest absolute Gasteiger partial charge is 0.365 e. The van der Waals surface area contributed by atoms with Gasteiger partial charge in [-0.3, -0.25) is 4.79 Å². The summed E-state index contributed by atoms with van der Waals surface area (Å²) in [6, 6.07) is 8.48. The number of rotatable bonds is 10. The molecule has 0 aromatic heterocycles. The van der Waals surface area contributed by atoms with Gasteiger partial charge in [0.25, 0.3) is 0 Å². The molecule has 0 saturated heterocycles. The van der Waals surface area contributed by atoms with Crippen LogP contribution in [0.3, 0.4) is 0 Å². The number of benzene rings is 1. The smallest absolute Gasteiger partial charge is 0.190 e. The van der Waals surface area contributed by atoms with E-state index in [2.05, 4.69) is 6.92 Å². The van der Waals surface area contributed by atoms with E-state index in [1.165, 1.54) is 31.4 Å². The summed E-state index contributed by atoms with van der Waals surface area (Å²) < 4.78 is 5.48. The van der Waals surface area contributed by atoms with Gasteiger partial charge in [-0.1, -0.05) is 75.4 Å². The van der Waals surface area contributed by atoms with Gasteiger partial charge in [0, 0.05) is 5.56 Å². The van der Waals surface area contributed by atoms with Crippen molar-refractivity contribution in [2.24, 2.45) is 5.92 Å². The molecule has 26 heavy (non-hydrogen) atoms. The fraction of sp³-hybridized carbons (Fsp3) is 0.571. The predicted molar refractivity (Wildman–Crippen MR) is 99.5 cm³/mol. The molecule has 2 rings (SSSR count). The van der Waals surface area contributed by atoms with E-state index in [1.807, 2.05) is 0 Å². The summed E-state index contributed by atoms with van der Waals surface area (Å²) in [7, 11) is 0.